The number of likely N-dealkylation sites (tertiary alicyclic amines) is 1. The molecule has 3 aliphatic heterocycles. The predicted molar refractivity (Wildman–Crippen MR) is 209 cm³/mol. The van der Waals surface area contributed by atoms with Crippen LogP contribution >= 0.6 is 23.1 Å². The molecule has 0 saturated carbocycles. The number of benzene rings is 1. The van der Waals surface area contributed by atoms with Crippen LogP contribution in [-0.4, -0.2) is 127 Å². The number of thioether (sulfide) groups is 1. The number of amides is 3. The molecule has 3 amide bonds. The number of nitrogens with zero attached hydrogens (tertiary/aromatic N) is 5. The number of anilines is 1. The summed E-state index contributed by atoms with van der Waals surface area (Å²) in [5.41, 5.74) is 3.47. The molecule has 314 valence electrons. The summed E-state index contributed by atoms with van der Waals surface area (Å²) in [4.78, 5) is 87.4. The van der Waals surface area contributed by atoms with Gasteiger partial charge in [0, 0.05) is 35.6 Å². The number of nitrogens with two attached hydrogens (primary N) is 1. The van der Waals surface area contributed by atoms with Crippen molar-refractivity contribution in [2.24, 2.45) is 5.16 Å². The lowest BCUT2D eigenvalue weighted by atomic mass is 10.0. The number of oxime groups is 1. The molecule has 2 saturated heterocycles. The third kappa shape index (κ3) is 9.29. The van der Waals surface area contributed by atoms with Gasteiger partial charge in [0.15, 0.2) is 16.6 Å². The van der Waals surface area contributed by atoms with Gasteiger partial charge in [0.1, 0.15) is 41.7 Å². The van der Waals surface area contributed by atoms with E-state index in [2.05, 4.69) is 20.8 Å². The van der Waals surface area contributed by atoms with Crippen molar-refractivity contribution in [3.05, 3.63) is 80.4 Å². The van der Waals surface area contributed by atoms with Crippen LogP contribution in [0.1, 0.15) is 48.4 Å². The van der Waals surface area contributed by atoms with Crippen LogP contribution in [0, 0.1) is 0 Å². The molecular formula is C37H42N8O12S2. The molecule has 6 N–H and O–H groups in total. The summed E-state index contributed by atoms with van der Waals surface area (Å²) in [6.45, 7) is 4.54. The van der Waals surface area contributed by atoms with Gasteiger partial charge in [0.05, 0.1) is 51.2 Å². The number of hydrogen-bond acceptors (Lipinski definition) is 16. The van der Waals surface area contributed by atoms with Crippen LogP contribution in [0.15, 0.2) is 63.1 Å². The Bertz CT molecular complexity index is 2270. The second-order valence-electron chi connectivity index (χ2n) is 14.5. The Balaban J connectivity index is 1.10. The second kappa shape index (κ2) is 17.4. The van der Waals surface area contributed by atoms with E-state index in [1.807, 2.05) is 0 Å². The molecule has 0 bridgehead atoms. The van der Waals surface area contributed by atoms with Gasteiger partial charge >= 0.3 is 5.97 Å². The van der Waals surface area contributed by atoms with E-state index < -0.39 is 57.8 Å². The van der Waals surface area contributed by atoms with Crippen molar-refractivity contribution in [2.75, 3.05) is 51.3 Å². The van der Waals surface area contributed by atoms with Gasteiger partial charge in [-0.05, 0) is 31.5 Å². The van der Waals surface area contributed by atoms with Gasteiger partial charge in [-0.2, -0.15) is 4.73 Å². The summed E-state index contributed by atoms with van der Waals surface area (Å²) in [7, 11) is 1.54. The highest BCUT2D eigenvalue weighted by atomic mass is 32.2. The largest absolute Gasteiger partial charge is 0.543 e. The van der Waals surface area contributed by atoms with Crippen molar-refractivity contribution in [2.45, 2.75) is 50.3 Å². The molecule has 6 rings (SSSR count). The standard InChI is InChI=1S/C37H42N8O12S2/c1-37(2,35(52)53)57-42-27(23-19-59-36(38)40-23)31(48)41-28-32(49)44-29(34(50)51)21(18-58-33(28)44)16-45(11-4-5-12-45)13-10-39-30(47)24-14-25(46)26(15-43(24)54)56-17-20-6-8-22(55-3)9-7-20/h6-9,14-15,19,28,33,54H,4-5,10-13,16-18H2,1-3H3,(H5-,38,39,40,41,47,48,50,51,52,53)/b42-27-/t28-,33-/m1/s1. The highest BCUT2D eigenvalue weighted by Gasteiger charge is 2.54. The molecule has 2 aromatic heterocycles. The number of methoxy groups -OCH3 is 1. The number of carbonyl (C=O) groups excluding carboxylic acids is 4. The van der Waals surface area contributed by atoms with E-state index in [4.69, 9.17) is 20.0 Å². The molecule has 3 aliphatic rings. The Kier molecular flexibility index (Phi) is 12.5. The van der Waals surface area contributed by atoms with Gasteiger partial charge in [0.2, 0.25) is 11.0 Å². The van der Waals surface area contributed by atoms with Crippen LogP contribution in [0.25, 0.3) is 0 Å². The Labute approximate surface area is 344 Å². The first kappa shape index (κ1) is 42.5. The number of rotatable bonds is 17. The van der Waals surface area contributed by atoms with Gasteiger partial charge in [-0.1, -0.05) is 17.3 Å². The Hall–Kier alpha value is -6.13. The smallest absolute Gasteiger partial charge is 0.350 e. The van der Waals surface area contributed by atoms with Crippen LogP contribution in [-0.2, 0) is 30.6 Å². The number of β-lactam (4-membered cyclic amide) rings is 1. The van der Waals surface area contributed by atoms with Crippen molar-refractivity contribution >= 4 is 63.6 Å². The number of carboxylic acids is 2. The van der Waals surface area contributed by atoms with E-state index in [1.165, 1.54) is 31.0 Å². The minimum absolute atomic E-state index is 0.0190. The van der Waals surface area contributed by atoms with Crippen molar-refractivity contribution in [1.29, 1.82) is 0 Å². The molecule has 20 nitrogen and oxygen atoms in total. The monoisotopic (exact) mass is 854 g/mol. The molecule has 0 spiro atoms. The lowest BCUT2D eigenvalue weighted by Crippen LogP contribution is -2.72. The second-order valence-corrected chi connectivity index (χ2v) is 16.5. The summed E-state index contributed by atoms with van der Waals surface area (Å²) in [5.74, 6) is -4.56. The zero-order valence-electron chi connectivity index (χ0n) is 32.2. The molecule has 0 unspecified atom stereocenters. The molecular weight excluding hydrogens is 813 g/mol. The van der Waals surface area contributed by atoms with Gasteiger partial charge < -0.3 is 55.4 Å². The number of nitrogens with one attached hydrogen (secondary N) is 2. The summed E-state index contributed by atoms with van der Waals surface area (Å²) in [5, 5.41) is 42.4. The van der Waals surface area contributed by atoms with E-state index >= 15 is 0 Å². The SMILES string of the molecule is COc1ccc(COc2cn(O)c(C(=O)NCC[N+]3(CC4=C(C(=O)[O-])N5C(=O)[C@@H](NC(=O)/C(=N\OC(C)(C)C(=O)O)c6csc(N)n6)[C@H]5SC4)CCCC3)cc2=O)cc1. The van der Waals surface area contributed by atoms with E-state index in [1.54, 1.807) is 31.4 Å². The Morgan fingerprint density at radius 1 is 1.15 bits per heavy atom. The summed E-state index contributed by atoms with van der Waals surface area (Å²) >= 11 is 2.25. The lowest BCUT2D eigenvalue weighted by molar-refractivity contribution is -0.911. The maximum absolute atomic E-state index is 13.5. The highest BCUT2D eigenvalue weighted by molar-refractivity contribution is 8.00. The fourth-order valence-electron chi connectivity index (χ4n) is 6.84. The van der Waals surface area contributed by atoms with Crippen molar-refractivity contribution in [3.8, 4) is 11.5 Å². The topological polar surface area (TPSA) is 277 Å². The van der Waals surface area contributed by atoms with Crippen LogP contribution in [0.2, 0.25) is 0 Å². The normalized spacial score (nSPS) is 18.7. The number of aromatic nitrogens is 2. The Morgan fingerprint density at radius 3 is 2.49 bits per heavy atom. The van der Waals surface area contributed by atoms with Crippen LogP contribution in [0.4, 0.5) is 5.13 Å². The first-order chi connectivity index (χ1) is 28.0. The number of carboxylic acid groups (broad SMARTS) is 2. The van der Waals surface area contributed by atoms with Gasteiger partial charge in [-0.3, -0.25) is 24.1 Å². The summed E-state index contributed by atoms with van der Waals surface area (Å²) in [6.07, 6.45) is 2.69. The molecule has 5 heterocycles. The number of fused-ring (bicyclic) bond motifs is 1. The number of pyridine rings is 1. The van der Waals surface area contributed by atoms with E-state index in [-0.39, 0.29) is 53.4 Å². The first-order valence-electron chi connectivity index (χ1n) is 18.3. The van der Waals surface area contributed by atoms with Crippen LogP contribution in [0.3, 0.4) is 0 Å². The van der Waals surface area contributed by atoms with Gasteiger partial charge in [0.25, 0.3) is 17.7 Å². The number of quaternary nitrogens is 1. The number of hydrogen-bond donors (Lipinski definition) is 5. The quantitative estimate of drug-likeness (QED) is 0.0385. The van der Waals surface area contributed by atoms with Crippen LogP contribution in [0.5, 0.6) is 11.5 Å². The minimum Gasteiger partial charge on any atom is -0.543 e. The van der Waals surface area contributed by atoms with Crippen molar-refractivity contribution in [3.63, 3.8) is 0 Å². The zero-order chi connectivity index (χ0) is 42.6. The van der Waals surface area contributed by atoms with Crippen LogP contribution < -0.4 is 36.4 Å². The Morgan fingerprint density at radius 2 is 1.86 bits per heavy atom. The summed E-state index contributed by atoms with van der Waals surface area (Å²) in [6, 6.07) is 6.81. The van der Waals surface area contributed by atoms with Gasteiger partial charge in [-0.15, -0.1) is 23.1 Å². The molecule has 0 radical (unpaired) electrons. The minimum atomic E-state index is -1.81. The maximum Gasteiger partial charge on any atom is 0.350 e. The average molecular weight is 855 g/mol. The van der Waals surface area contributed by atoms with Crippen molar-refractivity contribution in [1.82, 2.24) is 25.2 Å². The maximum atomic E-state index is 13.5. The third-order valence-corrected chi connectivity index (χ3v) is 12.1. The van der Waals surface area contributed by atoms with E-state index in [9.17, 15) is 44.2 Å². The molecule has 3 aromatic rings. The molecule has 22 heteroatoms. The first-order valence-corrected chi connectivity index (χ1v) is 20.2. The summed E-state index contributed by atoms with van der Waals surface area (Å²) < 4.78 is 11.6. The third-order valence-electron chi connectivity index (χ3n) is 10.1. The number of ether oxygens (including phenoxy) is 2. The number of thiazole rings is 1. The molecule has 1 aromatic carbocycles. The molecule has 59 heavy (non-hydrogen) atoms. The van der Waals surface area contributed by atoms with Crippen molar-refractivity contribution < 1.29 is 58.2 Å². The molecule has 0 aliphatic carbocycles. The fourth-order valence-corrected chi connectivity index (χ4v) is 8.72. The zero-order valence-corrected chi connectivity index (χ0v) is 33.8. The van der Waals surface area contributed by atoms with E-state index in [0.29, 0.717) is 40.2 Å². The molecule has 2 atom stereocenters. The molecule has 2 fully saturated rings. The number of aliphatic carboxylic acids is 2. The average Bonchev–Trinajstić information content (AvgIpc) is 3.85. The highest BCUT2D eigenvalue weighted by Crippen LogP contribution is 2.41. The lowest BCUT2D eigenvalue weighted by Gasteiger charge is -2.51. The number of carbonyl (C=O) groups is 5. The predicted octanol–water partition coefficient (Wildman–Crippen LogP) is -0.260. The van der Waals surface area contributed by atoms with Gasteiger partial charge in [-0.25, -0.2) is 9.78 Å². The van der Waals surface area contributed by atoms with E-state index in [0.717, 1.165) is 46.9 Å². The fraction of sp³-hybridized carbons (Fsp3) is 0.405. The number of nitrogen functional groups attached to an aromatic ring is 1.